The molecular formula is C17H22N2O5S. The Morgan fingerprint density at radius 2 is 1.92 bits per heavy atom. The second-order valence-corrected chi connectivity index (χ2v) is 7.85. The normalized spacial score (nSPS) is 16.7. The zero-order chi connectivity index (χ0) is 18.2. The van der Waals surface area contributed by atoms with Crippen molar-refractivity contribution < 1.29 is 22.4 Å². The third-order valence-corrected chi connectivity index (χ3v) is 6.27. The van der Waals surface area contributed by atoms with Crippen molar-refractivity contribution in [1.82, 2.24) is 9.88 Å². The minimum absolute atomic E-state index is 0.0880. The molecular weight excluding hydrogens is 344 g/mol. The molecule has 1 atom stereocenters. The van der Waals surface area contributed by atoms with Gasteiger partial charge in [-0.2, -0.15) is 0 Å². The molecule has 0 bridgehead atoms. The van der Waals surface area contributed by atoms with Crippen molar-refractivity contribution in [3.05, 3.63) is 34.7 Å². The molecule has 1 aliphatic carbocycles. The molecule has 1 N–H and O–H groups in total. The number of rotatable bonds is 6. The van der Waals surface area contributed by atoms with Gasteiger partial charge < -0.3 is 14.0 Å². The number of aryl methyl sites for hydroxylation is 3. The van der Waals surface area contributed by atoms with Crippen molar-refractivity contribution in [3.63, 3.8) is 0 Å². The van der Waals surface area contributed by atoms with Crippen LogP contribution in [0.25, 0.3) is 0 Å². The van der Waals surface area contributed by atoms with Crippen molar-refractivity contribution in [1.29, 1.82) is 0 Å². The average molecular weight is 366 g/mol. The number of methoxy groups -OCH3 is 2. The van der Waals surface area contributed by atoms with E-state index in [0.717, 1.165) is 18.4 Å². The first-order chi connectivity index (χ1) is 11.9. The lowest BCUT2D eigenvalue weighted by Gasteiger charge is -2.15. The Labute approximate surface area is 147 Å². The molecule has 0 aliphatic heterocycles. The Kier molecular flexibility index (Phi) is 4.75. The summed E-state index contributed by atoms with van der Waals surface area (Å²) >= 11 is 0. The van der Waals surface area contributed by atoms with Gasteiger partial charge >= 0.3 is 0 Å². The van der Waals surface area contributed by atoms with Crippen LogP contribution in [0.2, 0.25) is 0 Å². The van der Waals surface area contributed by atoms with Crippen LogP contribution in [0.3, 0.4) is 0 Å². The predicted octanol–water partition coefficient (Wildman–Crippen LogP) is 2.32. The van der Waals surface area contributed by atoms with Gasteiger partial charge in [-0.05, 0) is 55.9 Å². The summed E-state index contributed by atoms with van der Waals surface area (Å²) in [6.07, 6.45) is 1.75. The first-order valence-electron chi connectivity index (χ1n) is 8.04. The maximum Gasteiger partial charge on any atom is 0.245 e. The number of nitrogens with one attached hydrogen (secondary N) is 1. The van der Waals surface area contributed by atoms with Crippen molar-refractivity contribution in [2.45, 2.75) is 37.5 Å². The molecule has 0 radical (unpaired) electrons. The van der Waals surface area contributed by atoms with E-state index in [1.165, 1.54) is 5.56 Å². The van der Waals surface area contributed by atoms with Gasteiger partial charge in [-0.3, -0.25) is 0 Å². The molecule has 2 aromatic rings. The van der Waals surface area contributed by atoms with Crippen LogP contribution in [-0.4, -0.2) is 34.3 Å². The maximum atomic E-state index is 12.6. The molecule has 0 saturated heterocycles. The van der Waals surface area contributed by atoms with Gasteiger partial charge in [0.1, 0.15) is 10.6 Å². The Morgan fingerprint density at radius 1 is 1.24 bits per heavy atom. The van der Waals surface area contributed by atoms with E-state index in [0.29, 0.717) is 29.5 Å². The summed E-state index contributed by atoms with van der Waals surface area (Å²) in [4.78, 5) is 0.123. The number of fused-ring (bicyclic) bond motifs is 1. The van der Waals surface area contributed by atoms with E-state index < -0.39 is 10.0 Å². The maximum absolute atomic E-state index is 12.6. The van der Waals surface area contributed by atoms with Crippen molar-refractivity contribution in [2.24, 2.45) is 0 Å². The van der Waals surface area contributed by atoms with Gasteiger partial charge in [-0.25, -0.2) is 13.1 Å². The number of aromatic nitrogens is 1. The lowest BCUT2D eigenvalue weighted by atomic mass is 10.0. The van der Waals surface area contributed by atoms with Crippen LogP contribution in [0.15, 0.2) is 21.6 Å². The summed E-state index contributed by atoms with van der Waals surface area (Å²) < 4.78 is 43.5. The Balaban J connectivity index is 1.81. The average Bonchev–Trinajstić information content (AvgIpc) is 3.14. The zero-order valence-corrected chi connectivity index (χ0v) is 15.6. The van der Waals surface area contributed by atoms with Crippen molar-refractivity contribution in [3.8, 4) is 11.5 Å². The van der Waals surface area contributed by atoms with E-state index >= 15 is 0 Å². The fraction of sp³-hybridized carbons (Fsp3) is 0.471. The Hall–Kier alpha value is -2.06. The van der Waals surface area contributed by atoms with Crippen LogP contribution in [0.5, 0.6) is 11.5 Å². The van der Waals surface area contributed by atoms with E-state index in [2.05, 4.69) is 9.88 Å². The molecule has 0 fully saturated rings. The fourth-order valence-corrected chi connectivity index (χ4v) is 4.78. The molecule has 1 heterocycles. The van der Waals surface area contributed by atoms with Crippen molar-refractivity contribution in [2.75, 3.05) is 20.8 Å². The summed E-state index contributed by atoms with van der Waals surface area (Å²) in [6.45, 7) is 3.53. The van der Waals surface area contributed by atoms with Crippen LogP contribution < -0.4 is 14.2 Å². The second kappa shape index (κ2) is 6.68. The third-order valence-electron chi connectivity index (χ3n) is 4.60. The molecule has 3 rings (SSSR count). The zero-order valence-electron chi connectivity index (χ0n) is 14.8. The quantitative estimate of drug-likeness (QED) is 0.844. The molecule has 1 aromatic carbocycles. The van der Waals surface area contributed by atoms with Gasteiger partial charge in [0.25, 0.3) is 0 Å². The molecule has 25 heavy (non-hydrogen) atoms. The molecule has 1 unspecified atom stereocenters. The SMILES string of the molecule is COc1cc2c(cc1OC)C(CNS(=O)(=O)c1c(C)noc1C)CC2. The first kappa shape index (κ1) is 17.8. The smallest absolute Gasteiger partial charge is 0.245 e. The van der Waals surface area contributed by atoms with Crippen LogP contribution in [0.4, 0.5) is 0 Å². The highest BCUT2D eigenvalue weighted by atomic mass is 32.2. The summed E-state index contributed by atoms with van der Waals surface area (Å²) in [7, 11) is -0.462. The largest absolute Gasteiger partial charge is 0.493 e. The van der Waals surface area contributed by atoms with Crippen LogP contribution in [0.1, 0.15) is 34.9 Å². The monoisotopic (exact) mass is 366 g/mol. The topological polar surface area (TPSA) is 90.7 Å². The Morgan fingerprint density at radius 3 is 2.52 bits per heavy atom. The van der Waals surface area contributed by atoms with Gasteiger partial charge in [-0.1, -0.05) is 5.16 Å². The highest BCUT2D eigenvalue weighted by molar-refractivity contribution is 7.89. The summed E-state index contributed by atoms with van der Waals surface area (Å²) in [6, 6.07) is 3.91. The van der Waals surface area contributed by atoms with Gasteiger partial charge in [0, 0.05) is 6.54 Å². The van der Waals surface area contributed by atoms with Crippen LogP contribution >= 0.6 is 0 Å². The molecule has 1 aromatic heterocycles. The number of benzene rings is 1. The number of nitrogens with zero attached hydrogens (tertiary/aromatic N) is 1. The highest BCUT2D eigenvalue weighted by Gasteiger charge is 2.29. The molecule has 136 valence electrons. The summed E-state index contributed by atoms with van der Waals surface area (Å²) in [5.41, 5.74) is 2.63. The molecule has 0 spiro atoms. The van der Waals surface area contributed by atoms with E-state index in [9.17, 15) is 8.42 Å². The third kappa shape index (κ3) is 3.23. The number of ether oxygens (including phenoxy) is 2. The van der Waals surface area contributed by atoms with Crippen LogP contribution in [0, 0.1) is 13.8 Å². The lowest BCUT2D eigenvalue weighted by Crippen LogP contribution is -2.28. The number of sulfonamides is 1. The van der Waals surface area contributed by atoms with E-state index in [-0.39, 0.29) is 10.8 Å². The minimum atomic E-state index is -3.66. The lowest BCUT2D eigenvalue weighted by molar-refractivity contribution is 0.354. The molecule has 1 aliphatic rings. The number of hydrogen-bond donors (Lipinski definition) is 1. The molecule has 7 nitrogen and oxygen atoms in total. The molecule has 0 amide bonds. The summed E-state index contributed by atoms with van der Waals surface area (Å²) in [5, 5.41) is 3.72. The standard InChI is InChI=1S/C17H22N2O5S/c1-10-17(11(2)24-19-10)25(20,21)18-9-13-6-5-12-7-15(22-3)16(23-4)8-14(12)13/h7-8,13,18H,5-6,9H2,1-4H3. The fourth-order valence-electron chi connectivity index (χ4n) is 3.37. The van der Waals surface area contributed by atoms with E-state index in [1.54, 1.807) is 28.1 Å². The van der Waals surface area contributed by atoms with E-state index in [1.807, 2.05) is 12.1 Å². The van der Waals surface area contributed by atoms with Crippen LogP contribution in [-0.2, 0) is 16.4 Å². The highest BCUT2D eigenvalue weighted by Crippen LogP contribution is 2.40. The number of hydrogen-bond acceptors (Lipinski definition) is 6. The molecule has 8 heteroatoms. The van der Waals surface area contributed by atoms with Gasteiger partial charge in [0.15, 0.2) is 17.3 Å². The predicted molar refractivity (Wildman–Crippen MR) is 91.8 cm³/mol. The van der Waals surface area contributed by atoms with E-state index in [4.69, 9.17) is 14.0 Å². The second-order valence-electron chi connectivity index (χ2n) is 6.15. The molecule has 0 saturated carbocycles. The van der Waals surface area contributed by atoms with Gasteiger partial charge in [0.2, 0.25) is 10.0 Å². The Bertz CT molecular complexity index is 869. The summed E-state index contributed by atoms with van der Waals surface area (Å²) in [5.74, 6) is 1.73. The van der Waals surface area contributed by atoms with Gasteiger partial charge in [0.05, 0.1) is 14.2 Å². The van der Waals surface area contributed by atoms with Gasteiger partial charge in [-0.15, -0.1) is 0 Å². The minimum Gasteiger partial charge on any atom is -0.493 e. The first-order valence-corrected chi connectivity index (χ1v) is 9.53. The van der Waals surface area contributed by atoms with Crippen molar-refractivity contribution >= 4 is 10.0 Å².